The Morgan fingerprint density at radius 2 is 2.11 bits per heavy atom. The molecule has 27 heavy (non-hydrogen) atoms. The number of carbonyl (C=O) groups is 3. The van der Waals surface area contributed by atoms with Gasteiger partial charge in [-0.1, -0.05) is 6.07 Å². The Bertz CT molecular complexity index is 819. The molecule has 1 aliphatic heterocycles. The van der Waals surface area contributed by atoms with E-state index < -0.39 is 17.9 Å². The van der Waals surface area contributed by atoms with Gasteiger partial charge in [-0.25, -0.2) is 0 Å². The highest BCUT2D eigenvalue weighted by atomic mass is 16.3. The zero-order chi connectivity index (χ0) is 19.2. The molecule has 0 bridgehead atoms. The summed E-state index contributed by atoms with van der Waals surface area (Å²) in [6, 6.07) is 8.46. The zero-order valence-corrected chi connectivity index (χ0v) is 14.7. The average molecular weight is 371 g/mol. The van der Waals surface area contributed by atoms with Gasteiger partial charge in [0.1, 0.15) is 0 Å². The van der Waals surface area contributed by atoms with Crippen molar-refractivity contribution in [1.82, 2.24) is 5.32 Å². The van der Waals surface area contributed by atoms with Crippen molar-refractivity contribution in [3.8, 4) is 0 Å². The molecule has 2 heterocycles. The van der Waals surface area contributed by atoms with E-state index >= 15 is 0 Å². The summed E-state index contributed by atoms with van der Waals surface area (Å²) in [6.07, 6.45) is 3.69. The summed E-state index contributed by atoms with van der Waals surface area (Å²) < 4.78 is 4.88. The smallest absolute Gasteiger partial charge is 0.313 e. The molecule has 3 N–H and O–H groups in total. The molecule has 8 nitrogen and oxygen atoms in total. The van der Waals surface area contributed by atoms with Crippen molar-refractivity contribution in [2.75, 3.05) is 23.3 Å². The topological polar surface area (TPSA) is 112 Å². The van der Waals surface area contributed by atoms with E-state index in [4.69, 9.17) is 4.42 Å². The van der Waals surface area contributed by atoms with E-state index in [0.29, 0.717) is 29.9 Å². The second kappa shape index (κ2) is 8.50. The summed E-state index contributed by atoms with van der Waals surface area (Å²) in [4.78, 5) is 37.4. The van der Waals surface area contributed by atoms with Crippen LogP contribution in [0.3, 0.4) is 0 Å². The Balaban J connectivity index is 1.49. The number of nitrogens with one attached hydrogen (secondary N) is 2. The molecule has 1 fully saturated rings. The summed E-state index contributed by atoms with van der Waals surface area (Å²) in [7, 11) is 0. The van der Waals surface area contributed by atoms with Crippen LogP contribution in [0.25, 0.3) is 0 Å². The molecule has 1 saturated heterocycles. The molecule has 0 radical (unpaired) electrons. The van der Waals surface area contributed by atoms with Crippen LogP contribution in [-0.2, 0) is 14.4 Å². The second-order valence-electron chi connectivity index (χ2n) is 6.27. The SMILES string of the molecule is O=C(NCC[C@H](O)c1ccoc1)C(=O)Nc1cccc(N2CCCC2=O)c1. The lowest BCUT2D eigenvalue weighted by Gasteiger charge is -2.16. The number of amides is 3. The summed E-state index contributed by atoms with van der Waals surface area (Å²) >= 11 is 0. The van der Waals surface area contributed by atoms with Crippen molar-refractivity contribution >= 4 is 29.1 Å². The quantitative estimate of drug-likeness (QED) is 0.668. The predicted molar refractivity (Wildman–Crippen MR) is 98.0 cm³/mol. The van der Waals surface area contributed by atoms with Crippen LogP contribution in [-0.4, -0.2) is 35.9 Å². The number of carbonyl (C=O) groups excluding carboxylic acids is 3. The molecule has 1 aromatic carbocycles. The highest BCUT2D eigenvalue weighted by Crippen LogP contribution is 2.24. The van der Waals surface area contributed by atoms with Gasteiger partial charge in [0, 0.05) is 36.4 Å². The van der Waals surface area contributed by atoms with Crippen molar-refractivity contribution in [1.29, 1.82) is 0 Å². The number of hydrogen-bond acceptors (Lipinski definition) is 5. The first-order valence-corrected chi connectivity index (χ1v) is 8.74. The van der Waals surface area contributed by atoms with Gasteiger partial charge in [-0.05, 0) is 37.1 Å². The molecule has 1 aromatic heterocycles. The number of aliphatic hydroxyl groups is 1. The number of anilines is 2. The van der Waals surface area contributed by atoms with Crippen molar-refractivity contribution in [3.63, 3.8) is 0 Å². The Morgan fingerprint density at radius 3 is 2.81 bits per heavy atom. The van der Waals surface area contributed by atoms with Crippen LogP contribution in [0.2, 0.25) is 0 Å². The average Bonchev–Trinajstić information content (AvgIpc) is 3.33. The molecule has 0 spiro atoms. The summed E-state index contributed by atoms with van der Waals surface area (Å²) in [5.74, 6) is -1.55. The largest absolute Gasteiger partial charge is 0.472 e. The molecule has 0 saturated carbocycles. The second-order valence-corrected chi connectivity index (χ2v) is 6.27. The standard InChI is InChI=1S/C19H21N3O5/c23-16(13-7-10-27-12-13)6-8-20-18(25)19(26)21-14-3-1-4-15(11-14)22-9-2-5-17(22)24/h1,3-4,7,10-12,16,23H,2,5-6,8-9H2,(H,20,25)(H,21,26)/t16-/m0/s1. The molecular formula is C19H21N3O5. The summed E-state index contributed by atoms with van der Waals surface area (Å²) in [6.45, 7) is 0.788. The fourth-order valence-electron chi connectivity index (χ4n) is 2.89. The maximum atomic E-state index is 12.0. The first-order chi connectivity index (χ1) is 13.0. The van der Waals surface area contributed by atoms with Gasteiger partial charge >= 0.3 is 11.8 Å². The van der Waals surface area contributed by atoms with Gasteiger partial charge < -0.3 is 25.1 Å². The van der Waals surface area contributed by atoms with E-state index in [9.17, 15) is 19.5 Å². The van der Waals surface area contributed by atoms with Crippen LogP contribution in [0.15, 0.2) is 47.3 Å². The van der Waals surface area contributed by atoms with Gasteiger partial charge in [0.2, 0.25) is 5.91 Å². The lowest BCUT2D eigenvalue weighted by molar-refractivity contribution is -0.136. The van der Waals surface area contributed by atoms with Crippen molar-refractivity contribution in [2.45, 2.75) is 25.4 Å². The van der Waals surface area contributed by atoms with Gasteiger partial charge in [0.25, 0.3) is 0 Å². The fourth-order valence-corrected chi connectivity index (χ4v) is 2.89. The molecule has 142 valence electrons. The summed E-state index contributed by atoms with van der Waals surface area (Å²) in [5.41, 5.74) is 1.74. The number of benzene rings is 1. The number of rotatable bonds is 6. The van der Waals surface area contributed by atoms with Gasteiger partial charge in [-0.3, -0.25) is 14.4 Å². The third-order valence-electron chi connectivity index (χ3n) is 4.33. The first-order valence-electron chi connectivity index (χ1n) is 8.74. The minimum atomic E-state index is -0.808. The van der Waals surface area contributed by atoms with Gasteiger partial charge in [-0.2, -0.15) is 0 Å². The highest BCUT2D eigenvalue weighted by Gasteiger charge is 2.22. The normalized spacial score (nSPS) is 14.9. The van der Waals surface area contributed by atoms with E-state index in [1.807, 2.05) is 0 Å². The van der Waals surface area contributed by atoms with Crippen LogP contribution in [0.1, 0.15) is 30.9 Å². The lowest BCUT2D eigenvalue weighted by Crippen LogP contribution is -2.36. The Labute approximate surface area is 156 Å². The van der Waals surface area contributed by atoms with Crippen molar-refractivity contribution in [2.24, 2.45) is 0 Å². The molecule has 3 rings (SSSR count). The number of furan rings is 1. The van der Waals surface area contributed by atoms with Crippen LogP contribution in [0.5, 0.6) is 0 Å². The molecule has 1 atom stereocenters. The van der Waals surface area contributed by atoms with E-state index in [2.05, 4.69) is 10.6 Å². The van der Waals surface area contributed by atoms with E-state index in [1.54, 1.807) is 35.2 Å². The van der Waals surface area contributed by atoms with Crippen molar-refractivity contribution in [3.05, 3.63) is 48.4 Å². The minimum Gasteiger partial charge on any atom is -0.472 e. The molecule has 2 aromatic rings. The Morgan fingerprint density at radius 1 is 1.26 bits per heavy atom. The minimum absolute atomic E-state index is 0.0485. The Kier molecular flexibility index (Phi) is 5.87. The molecule has 3 amide bonds. The van der Waals surface area contributed by atoms with Crippen LogP contribution in [0, 0.1) is 0 Å². The van der Waals surface area contributed by atoms with Gasteiger partial charge in [-0.15, -0.1) is 0 Å². The van der Waals surface area contributed by atoms with Crippen LogP contribution in [0.4, 0.5) is 11.4 Å². The number of aliphatic hydroxyl groups excluding tert-OH is 1. The van der Waals surface area contributed by atoms with E-state index in [1.165, 1.54) is 12.5 Å². The maximum absolute atomic E-state index is 12.0. The third kappa shape index (κ3) is 4.73. The molecule has 8 heteroatoms. The fraction of sp³-hybridized carbons (Fsp3) is 0.316. The third-order valence-corrected chi connectivity index (χ3v) is 4.33. The first kappa shape index (κ1) is 18.7. The highest BCUT2D eigenvalue weighted by molar-refractivity contribution is 6.39. The van der Waals surface area contributed by atoms with Crippen LogP contribution >= 0.6 is 0 Å². The Hall–Kier alpha value is -3.13. The van der Waals surface area contributed by atoms with E-state index in [0.717, 1.165) is 6.42 Å². The monoisotopic (exact) mass is 371 g/mol. The van der Waals surface area contributed by atoms with E-state index in [-0.39, 0.29) is 18.9 Å². The number of nitrogens with zero attached hydrogens (tertiary/aromatic N) is 1. The zero-order valence-electron chi connectivity index (χ0n) is 14.7. The number of hydrogen-bond donors (Lipinski definition) is 3. The molecule has 1 aliphatic rings. The molecule has 0 aliphatic carbocycles. The maximum Gasteiger partial charge on any atom is 0.313 e. The molecular weight excluding hydrogens is 350 g/mol. The van der Waals surface area contributed by atoms with Crippen LogP contribution < -0.4 is 15.5 Å². The van der Waals surface area contributed by atoms with Gasteiger partial charge in [0.05, 0.1) is 18.6 Å². The predicted octanol–water partition coefficient (Wildman–Crippen LogP) is 1.58. The summed E-state index contributed by atoms with van der Waals surface area (Å²) in [5, 5.41) is 14.9. The molecule has 0 unspecified atom stereocenters. The van der Waals surface area contributed by atoms with Crippen molar-refractivity contribution < 1.29 is 23.9 Å². The van der Waals surface area contributed by atoms with Gasteiger partial charge in [0.15, 0.2) is 0 Å². The lowest BCUT2D eigenvalue weighted by atomic mass is 10.1.